The maximum atomic E-state index is 14.0. The van der Waals surface area contributed by atoms with Gasteiger partial charge in [0.2, 0.25) is 0 Å². The maximum Gasteiger partial charge on any atom is 0.162 e. The summed E-state index contributed by atoms with van der Waals surface area (Å²) in [6.45, 7) is 8.34. The number of nitriles is 1. The van der Waals surface area contributed by atoms with Crippen molar-refractivity contribution in [2.45, 2.75) is 58.0 Å². The number of rotatable bonds is 6. The molecule has 0 fully saturated rings. The molecule has 0 radical (unpaired) electrons. The molecule has 0 saturated carbocycles. The third-order valence-corrected chi connectivity index (χ3v) is 9.53. The van der Waals surface area contributed by atoms with Gasteiger partial charge in [-0.05, 0) is 71.7 Å². The van der Waals surface area contributed by atoms with E-state index in [-0.39, 0.29) is 11.2 Å². The minimum Gasteiger partial charge on any atom is -0.384 e. The molecule has 41 heavy (non-hydrogen) atoms. The van der Waals surface area contributed by atoms with Crippen molar-refractivity contribution in [3.05, 3.63) is 121 Å². The third-order valence-electron chi connectivity index (χ3n) is 7.94. The van der Waals surface area contributed by atoms with Crippen LogP contribution in [0, 0.1) is 30.6 Å². The smallest absolute Gasteiger partial charge is 0.162 e. The van der Waals surface area contributed by atoms with E-state index in [0.29, 0.717) is 45.5 Å². The molecule has 4 nitrogen and oxygen atoms in total. The highest BCUT2D eigenvalue weighted by Gasteiger charge is 2.45. The predicted octanol–water partition coefficient (Wildman–Crippen LogP) is 8.98. The number of anilines is 1. The first-order chi connectivity index (χ1) is 19.5. The Labute approximate surface area is 256 Å². The van der Waals surface area contributed by atoms with Gasteiger partial charge < -0.3 is 5.73 Å². The van der Waals surface area contributed by atoms with Gasteiger partial charge in [0.1, 0.15) is 5.82 Å². The summed E-state index contributed by atoms with van der Waals surface area (Å²) >= 11 is 14.7. The molecule has 7 heteroatoms. The zero-order chi connectivity index (χ0) is 29.5. The zero-order valence-electron chi connectivity index (χ0n) is 23.7. The van der Waals surface area contributed by atoms with Gasteiger partial charge in [-0.15, -0.1) is 0 Å². The summed E-state index contributed by atoms with van der Waals surface area (Å²) in [5.74, 6) is 1.52. The van der Waals surface area contributed by atoms with Crippen LogP contribution in [0.25, 0.3) is 0 Å². The van der Waals surface area contributed by atoms with Crippen LogP contribution in [0.1, 0.15) is 60.4 Å². The molecule has 3 aromatic rings. The molecular weight excluding hydrogens is 569 g/mol. The fourth-order valence-corrected chi connectivity index (χ4v) is 7.55. The molecule has 1 heterocycles. The highest BCUT2D eigenvalue weighted by atomic mass is 35.5. The van der Waals surface area contributed by atoms with E-state index in [1.807, 2.05) is 29.7 Å². The van der Waals surface area contributed by atoms with E-state index in [4.69, 9.17) is 28.9 Å². The van der Waals surface area contributed by atoms with Gasteiger partial charge in [-0.2, -0.15) is 17.0 Å². The minimum atomic E-state index is -0.542. The minimum absolute atomic E-state index is 0.0385. The molecule has 210 valence electrons. The van der Waals surface area contributed by atoms with Crippen molar-refractivity contribution < 1.29 is 4.79 Å². The summed E-state index contributed by atoms with van der Waals surface area (Å²) < 4.78 is 0. The number of ketones is 1. The van der Waals surface area contributed by atoms with Gasteiger partial charge >= 0.3 is 0 Å². The van der Waals surface area contributed by atoms with Crippen LogP contribution in [-0.4, -0.2) is 5.78 Å². The molecule has 0 amide bonds. The molecule has 3 aromatic carbocycles. The topological polar surface area (TPSA) is 70.1 Å². The lowest BCUT2D eigenvalue weighted by molar-refractivity contribution is -0.118. The molecule has 1 aliphatic carbocycles. The maximum absolute atomic E-state index is 14.0. The molecule has 0 spiro atoms. The molecule has 0 bridgehead atoms. The van der Waals surface area contributed by atoms with E-state index in [1.54, 1.807) is 18.2 Å². The Balaban J connectivity index is 1.64. The summed E-state index contributed by atoms with van der Waals surface area (Å²) in [6.07, 6.45) is 1.02. The van der Waals surface area contributed by atoms with E-state index in [2.05, 4.69) is 63.2 Å². The van der Waals surface area contributed by atoms with Gasteiger partial charge in [0.05, 0.1) is 28.3 Å². The number of nitrogens with zero attached hydrogens (tertiary/aromatic N) is 2. The van der Waals surface area contributed by atoms with Crippen LogP contribution in [0.15, 0.2) is 83.3 Å². The van der Waals surface area contributed by atoms with Gasteiger partial charge in [0, 0.05) is 34.2 Å². The fraction of sp³-hybridized carbons (Fsp3) is 0.294. The number of carbonyl (C=O) groups excluding carboxylic acids is 1. The quantitative estimate of drug-likeness (QED) is 0.305. The summed E-state index contributed by atoms with van der Waals surface area (Å²) in [5.41, 5.74) is 14.6. The zero-order valence-corrected chi connectivity index (χ0v) is 26.1. The second kappa shape index (κ2) is 11.6. The molecule has 2 N–H and O–H groups in total. The number of aryl methyl sites for hydroxylation is 2. The number of allylic oxidation sites excluding steroid dienone is 3. The number of carbonyl (C=O) groups is 1. The van der Waals surface area contributed by atoms with E-state index < -0.39 is 5.92 Å². The van der Waals surface area contributed by atoms with Crippen molar-refractivity contribution in [3.63, 3.8) is 0 Å². The number of thioether (sulfide) groups is 1. The number of halogens is 2. The van der Waals surface area contributed by atoms with E-state index in [9.17, 15) is 10.1 Å². The average molecular weight is 603 g/mol. The number of hydrogen-bond acceptors (Lipinski definition) is 5. The summed E-state index contributed by atoms with van der Waals surface area (Å²) in [4.78, 5) is 15.8. The Morgan fingerprint density at radius 3 is 2.44 bits per heavy atom. The van der Waals surface area contributed by atoms with Gasteiger partial charge in [0.25, 0.3) is 0 Å². The van der Waals surface area contributed by atoms with Crippen LogP contribution in [0.3, 0.4) is 0 Å². The van der Waals surface area contributed by atoms with Crippen LogP contribution < -0.4 is 10.6 Å². The Morgan fingerprint density at radius 1 is 1.02 bits per heavy atom. The lowest BCUT2D eigenvalue weighted by Gasteiger charge is -2.44. The second-order valence-electron chi connectivity index (χ2n) is 11.7. The molecule has 5 rings (SSSR count). The SMILES string of the molecule is Cc1cc(C)c(C2C(C#N)=C(N)N(c3ccc(Cl)cc3Cl)C3=C2C(=O)CC(C)(C)C3)cc1CSCc1ccccc1. The second-order valence-corrected chi connectivity index (χ2v) is 13.5. The standard InChI is InChI=1S/C34H33Cl2N3OS/c1-20-12-21(2)25(13-23(20)19-41-18-22-8-6-5-7-9-22)31-26(17-37)33(38)39(28-11-10-24(35)14-27(28)36)29-15-34(3,4)16-30(40)32(29)31/h5-14,31H,15-16,18-19,38H2,1-4H3. The van der Waals surface area contributed by atoms with Crippen molar-refractivity contribution in [2.75, 3.05) is 4.90 Å². The van der Waals surface area contributed by atoms with Crippen molar-refractivity contribution in [3.8, 4) is 6.07 Å². The predicted molar refractivity (Wildman–Crippen MR) is 171 cm³/mol. The van der Waals surface area contributed by atoms with Crippen LogP contribution in [0.2, 0.25) is 10.0 Å². The van der Waals surface area contributed by atoms with Crippen LogP contribution in [0.5, 0.6) is 0 Å². The molecule has 1 atom stereocenters. The number of benzene rings is 3. The Kier molecular flexibility index (Phi) is 8.30. The van der Waals surface area contributed by atoms with Crippen LogP contribution >= 0.6 is 35.0 Å². The summed E-state index contributed by atoms with van der Waals surface area (Å²) in [6, 6.07) is 22.3. The Hall–Kier alpha value is -3.17. The molecule has 0 aromatic heterocycles. The Bertz CT molecular complexity index is 1640. The van der Waals surface area contributed by atoms with Crippen LogP contribution in [-0.2, 0) is 16.3 Å². The third kappa shape index (κ3) is 5.79. The summed E-state index contributed by atoms with van der Waals surface area (Å²) in [7, 11) is 0. The highest BCUT2D eigenvalue weighted by Crippen LogP contribution is 2.51. The molecular formula is C34H33Cl2N3OS. The first kappa shape index (κ1) is 29.3. The van der Waals surface area contributed by atoms with Gasteiger partial charge in [-0.1, -0.05) is 79.5 Å². The number of nitrogens with two attached hydrogens (primary N) is 1. The number of Topliss-reactive ketones (excluding diaryl/α,β-unsaturated/α-hetero) is 1. The first-order valence-electron chi connectivity index (χ1n) is 13.6. The molecule has 1 aliphatic heterocycles. The largest absolute Gasteiger partial charge is 0.384 e. The van der Waals surface area contributed by atoms with E-state index >= 15 is 0 Å². The molecule has 1 unspecified atom stereocenters. The van der Waals surface area contributed by atoms with Gasteiger partial charge in [-0.25, -0.2) is 0 Å². The van der Waals surface area contributed by atoms with Gasteiger partial charge in [-0.3, -0.25) is 9.69 Å². The first-order valence-corrected chi connectivity index (χ1v) is 15.5. The highest BCUT2D eigenvalue weighted by molar-refractivity contribution is 7.97. The van der Waals surface area contributed by atoms with Crippen molar-refractivity contribution in [1.29, 1.82) is 5.26 Å². The lowest BCUT2D eigenvalue weighted by Crippen LogP contribution is -2.42. The van der Waals surface area contributed by atoms with Crippen molar-refractivity contribution >= 4 is 46.4 Å². The van der Waals surface area contributed by atoms with Crippen molar-refractivity contribution in [2.24, 2.45) is 11.1 Å². The monoisotopic (exact) mass is 601 g/mol. The summed E-state index contributed by atoms with van der Waals surface area (Å²) in [5, 5.41) is 11.4. The number of hydrogen-bond donors (Lipinski definition) is 1. The van der Waals surface area contributed by atoms with Crippen molar-refractivity contribution in [1.82, 2.24) is 0 Å². The molecule has 0 saturated heterocycles. The average Bonchev–Trinajstić information content (AvgIpc) is 2.90. The van der Waals surface area contributed by atoms with E-state index in [1.165, 1.54) is 16.7 Å². The van der Waals surface area contributed by atoms with Gasteiger partial charge in [0.15, 0.2) is 5.78 Å². The normalized spacial score (nSPS) is 18.4. The van der Waals surface area contributed by atoms with Crippen LogP contribution in [0.4, 0.5) is 5.69 Å². The molecule has 2 aliphatic rings. The lowest BCUT2D eigenvalue weighted by atomic mass is 9.68. The fourth-order valence-electron chi connectivity index (χ4n) is 5.99. The Morgan fingerprint density at radius 2 is 1.76 bits per heavy atom. The van der Waals surface area contributed by atoms with E-state index in [0.717, 1.165) is 28.3 Å².